The lowest BCUT2D eigenvalue weighted by Gasteiger charge is -2.32. The van der Waals surface area contributed by atoms with Crippen LogP contribution in [-0.2, 0) is 0 Å². The molecule has 2 fully saturated rings. The number of carbonyl (C=O) groups is 1. The van der Waals surface area contributed by atoms with Gasteiger partial charge in [-0.25, -0.2) is 8.78 Å². The van der Waals surface area contributed by atoms with Gasteiger partial charge >= 0.3 is 0 Å². The predicted molar refractivity (Wildman–Crippen MR) is 96.4 cm³/mol. The lowest BCUT2D eigenvalue weighted by Crippen LogP contribution is -2.42. The van der Waals surface area contributed by atoms with Crippen molar-refractivity contribution in [2.45, 2.75) is 37.5 Å². The number of hydrogen-bond acceptors (Lipinski definition) is 3. The van der Waals surface area contributed by atoms with E-state index in [0.717, 1.165) is 18.5 Å². The monoisotopic (exact) mass is 367 g/mol. The summed E-state index contributed by atoms with van der Waals surface area (Å²) in [6.07, 6.45) is 1.59. The van der Waals surface area contributed by atoms with Gasteiger partial charge in [-0.3, -0.25) is 9.78 Å². The predicted octanol–water partition coefficient (Wildman–Crippen LogP) is 4.37. The first kappa shape index (κ1) is 17.6. The molecule has 4 rings (SSSR count). The summed E-state index contributed by atoms with van der Waals surface area (Å²) < 4.78 is 26.9. The molecule has 0 bridgehead atoms. The SMILES string of the molecule is N#Cc1ccc(C(=O)N2CCC(F)(F)CC2)c(-c2cccc(C3CC3)n2)c1. The first-order chi connectivity index (χ1) is 13.0. The zero-order valence-corrected chi connectivity index (χ0v) is 14.8. The number of halogens is 2. The Morgan fingerprint density at radius 2 is 1.93 bits per heavy atom. The molecule has 4 nitrogen and oxygen atoms in total. The van der Waals surface area contributed by atoms with Crippen molar-refractivity contribution in [1.82, 2.24) is 9.88 Å². The van der Waals surface area contributed by atoms with Crippen LogP contribution in [0.3, 0.4) is 0 Å². The molecule has 1 saturated carbocycles. The van der Waals surface area contributed by atoms with E-state index in [1.165, 1.54) is 4.90 Å². The lowest BCUT2D eigenvalue weighted by molar-refractivity contribution is -0.0494. The highest BCUT2D eigenvalue weighted by molar-refractivity contribution is 6.00. The van der Waals surface area contributed by atoms with Crippen LogP contribution in [0.5, 0.6) is 0 Å². The van der Waals surface area contributed by atoms with E-state index in [1.807, 2.05) is 18.2 Å². The molecule has 0 spiro atoms. The molecular formula is C21H19F2N3O. The molecule has 1 amide bonds. The number of pyridine rings is 1. The minimum Gasteiger partial charge on any atom is -0.338 e. The maximum atomic E-state index is 13.4. The summed E-state index contributed by atoms with van der Waals surface area (Å²) in [6.45, 7) is 0.0572. The summed E-state index contributed by atoms with van der Waals surface area (Å²) in [6, 6.07) is 12.6. The number of aromatic nitrogens is 1. The van der Waals surface area contributed by atoms with E-state index in [4.69, 9.17) is 4.98 Å². The molecule has 27 heavy (non-hydrogen) atoms. The minimum atomic E-state index is -2.70. The van der Waals surface area contributed by atoms with Crippen LogP contribution < -0.4 is 0 Å². The smallest absolute Gasteiger partial charge is 0.254 e. The summed E-state index contributed by atoms with van der Waals surface area (Å²) in [5, 5.41) is 9.25. The molecule has 0 N–H and O–H groups in total. The summed E-state index contributed by atoms with van der Waals surface area (Å²) in [5.74, 6) is -2.53. The van der Waals surface area contributed by atoms with Gasteiger partial charge < -0.3 is 4.90 Å². The molecule has 1 saturated heterocycles. The number of carbonyl (C=O) groups excluding carboxylic acids is 1. The number of rotatable bonds is 3. The van der Waals surface area contributed by atoms with Gasteiger partial charge in [-0.1, -0.05) is 6.07 Å². The Bertz CT molecular complexity index is 921. The van der Waals surface area contributed by atoms with E-state index < -0.39 is 5.92 Å². The number of alkyl halides is 2. The zero-order chi connectivity index (χ0) is 19.0. The van der Waals surface area contributed by atoms with Gasteiger partial charge in [0.1, 0.15) is 0 Å². The van der Waals surface area contributed by atoms with E-state index in [2.05, 4.69) is 6.07 Å². The van der Waals surface area contributed by atoms with Crippen molar-refractivity contribution in [2.75, 3.05) is 13.1 Å². The molecule has 0 radical (unpaired) electrons. The van der Waals surface area contributed by atoms with Crippen LogP contribution in [-0.4, -0.2) is 34.8 Å². The number of hydrogen-bond donors (Lipinski definition) is 0. The van der Waals surface area contributed by atoms with Crippen molar-refractivity contribution in [1.29, 1.82) is 5.26 Å². The van der Waals surface area contributed by atoms with Gasteiger partial charge in [0.25, 0.3) is 11.8 Å². The van der Waals surface area contributed by atoms with Gasteiger partial charge in [0.05, 0.1) is 17.3 Å². The maximum Gasteiger partial charge on any atom is 0.254 e. The molecule has 0 atom stereocenters. The van der Waals surface area contributed by atoms with Crippen molar-refractivity contribution < 1.29 is 13.6 Å². The van der Waals surface area contributed by atoms with Crippen LogP contribution in [0, 0.1) is 11.3 Å². The first-order valence-corrected chi connectivity index (χ1v) is 9.15. The largest absolute Gasteiger partial charge is 0.338 e. The van der Waals surface area contributed by atoms with E-state index in [9.17, 15) is 18.8 Å². The summed E-state index contributed by atoms with van der Waals surface area (Å²) in [4.78, 5) is 19.2. The molecule has 2 aliphatic rings. The van der Waals surface area contributed by atoms with E-state index in [-0.39, 0.29) is 31.8 Å². The highest BCUT2D eigenvalue weighted by Crippen LogP contribution is 2.40. The van der Waals surface area contributed by atoms with Crippen LogP contribution in [0.4, 0.5) is 8.78 Å². The molecule has 1 aliphatic carbocycles. The van der Waals surface area contributed by atoms with E-state index in [0.29, 0.717) is 28.3 Å². The maximum absolute atomic E-state index is 13.4. The van der Waals surface area contributed by atoms with Gasteiger partial charge in [0.2, 0.25) is 0 Å². The average molecular weight is 367 g/mol. The Labute approximate surface area is 156 Å². The molecular weight excluding hydrogens is 348 g/mol. The normalized spacial score (nSPS) is 18.8. The second kappa shape index (κ2) is 6.73. The summed E-state index contributed by atoms with van der Waals surface area (Å²) in [7, 11) is 0. The number of amides is 1. The Morgan fingerprint density at radius 1 is 1.19 bits per heavy atom. The molecule has 1 aromatic carbocycles. The van der Waals surface area contributed by atoms with Gasteiger partial charge in [-0.15, -0.1) is 0 Å². The fourth-order valence-corrected chi connectivity index (χ4v) is 3.43. The average Bonchev–Trinajstić information content (AvgIpc) is 3.52. The van der Waals surface area contributed by atoms with Crippen LogP contribution in [0.2, 0.25) is 0 Å². The first-order valence-electron chi connectivity index (χ1n) is 9.15. The third kappa shape index (κ3) is 3.68. The Hall–Kier alpha value is -2.81. The van der Waals surface area contributed by atoms with Gasteiger partial charge in [-0.05, 0) is 43.2 Å². The zero-order valence-electron chi connectivity index (χ0n) is 14.8. The fraction of sp³-hybridized carbons (Fsp3) is 0.381. The summed E-state index contributed by atoms with van der Waals surface area (Å²) in [5.41, 5.74) is 3.05. The van der Waals surface area contributed by atoms with Crippen molar-refractivity contribution in [3.63, 3.8) is 0 Å². The molecule has 6 heteroatoms. The van der Waals surface area contributed by atoms with Gasteiger partial charge in [0.15, 0.2) is 0 Å². The van der Waals surface area contributed by atoms with Crippen molar-refractivity contribution in [2.24, 2.45) is 0 Å². The van der Waals surface area contributed by atoms with Crippen LogP contribution in [0.15, 0.2) is 36.4 Å². The molecule has 1 aliphatic heterocycles. The fourth-order valence-electron chi connectivity index (χ4n) is 3.43. The molecule has 0 unspecified atom stereocenters. The van der Waals surface area contributed by atoms with Crippen molar-refractivity contribution in [3.8, 4) is 17.3 Å². The number of nitriles is 1. The minimum absolute atomic E-state index is 0.0286. The second-order valence-corrected chi connectivity index (χ2v) is 7.24. The number of likely N-dealkylation sites (tertiary alicyclic amines) is 1. The van der Waals surface area contributed by atoms with E-state index >= 15 is 0 Å². The quantitative estimate of drug-likeness (QED) is 0.809. The Balaban J connectivity index is 1.70. The third-order valence-electron chi connectivity index (χ3n) is 5.20. The topological polar surface area (TPSA) is 57.0 Å². The number of nitrogens with zero attached hydrogens (tertiary/aromatic N) is 3. The Morgan fingerprint density at radius 3 is 2.59 bits per heavy atom. The highest BCUT2D eigenvalue weighted by Gasteiger charge is 2.36. The molecule has 2 aromatic rings. The Kier molecular flexibility index (Phi) is 4.39. The molecule has 1 aromatic heterocycles. The van der Waals surface area contributed by atoms with Gasteiger partial charge in [0, 0.05) is 48.7 Å². The molecule has 2 heterocycles. The van der Waals surface area contributed by atoms with Gasteiger partial charge in [-0.2, -0.15) is 5.26 Å². The van der Waals surface area contributed by atoms with Crippen molar-refractivity contribution >= 4 is 5.91 Å². The van der Waals surface area contributed by atoms with Crippen LogP contribution >= 0.6 is 0 Å². The lowest BCUT2D eigenvalue weighted by atomic mass is 9.98. The second-order valence-electron chi connectivity index (χ2n) is 7.24. The van der Waals surface area contributed by atoms with Crippen LogP contribution in [0.25, 0.3) is 11.3 Å². The van der Waals surface area contributed by atoms with Crippen molar-refractivity contribution in [3.05, 3.63) is 53.2 Å². The standard InChI is InChI=1S/C21H19F2N3O/c22-21(23)8-10-26(11-9-21)20(27)16-7-4-14(13-24)12-17(16)19-3-1-2-18(25-19)15-5-6-15/h1-4,7,12,15H,5-6,8-11H2. The van der Waals surface area contributed by atoms with E-state index in [1.54, 1.807) is 18.2 Å². The highest BCUT2D eigenvalue weighted by atomic mass is 19.3. The number of benzene rings is 1. The number of piperidine rings is 1. The van der Waals surface area contributed by atoms with Crippen LogP contribution in [0.1, 0.15) is 53.2 Å². The third-order valence-corrected chi connectivity index (χ3v) is 5.20. The summed E-state index contributed by atoms with van der Waals surface area (Å²) >= 11 is 0. The molecule has 138 valence electrons.